The van der Waals surface area contributed by atoms with Gasteiger partial charge in [-0.25, -0.2) is 4.98 Å². The van der Waals surface area contributed by atoms with E-state index in [-0.39, 0.29) is 17.8 Å². The predicted octanol–water partition coefficient (Wildman–Crippen LogP) is 2.23. The zero-order valence-corrected chi connectivity index (χ0v) is 15.3. The van der Waals surface area contributed by atoms with Crippen molar-refractivity contribution in [2.24, 2.45) is 11.1 Å². The van der Waals surface area contributed by atoms with Gasteiger partial charge in [0.1, 0.15) is 0 Å². The van der Waals surface area contributed by atoms with Crippen LogP contribution in [0.1, 0.15) is 38.3 Å². The van der Waals surface area contributed by atoms with Gasteiger partial charge in [-0.05, 0) is 11.8 Å². The summed E-state index contributed by atoms with van der Waals surface area (Å²) in [5, 5.41) is 15.0. The summed E-state index contributed by atoms with van der Waals surface area (Å²) in [5.74, 6) is -0.320. The lowest BCUT2D eigenvalue weighted by atomic mass is 9.69. The van der Waals surface area contributed by atoms with Crippen molar-refractivity contribution in [2.45, 2.75) is 32.6 Å². The second kappa shape index (κ2) is 7.08. The lowest BCUT2D eigenvalue weighted by Gasteiger charge is -2.38. The molecule has 132 valence electrons. The first kappa shape index (κ1) is 17.8. The summed E-state index contributed by atoms with van der Waals surface area (Å²) >= 11 is 1.46. The third-order valence-corrected chi connectivity index (χ3v) is 5.11. The maximum absolute atomic E-state index is 12.9. The molecule has 25 heavy (non-hydrogen) atoms. The lowest BCUT2D eigenvalue weighted by molar-refractivity contribution is -0.118. The number of nitriles is 1. The molecule has 0 radical (unpaired) electrons. The van der Waals surface area contributed by atoms with Crippen molar-refractivity contribution in [1.29, 1.82) is 5.26 Å². The van der Waals surface area contributed by atoms with Crippen molar-refractivity contribution < 1.29 is 9.53 Å². The van der Waals surface area contributed by atoms with E-state index in [0.717, 1.165) is 17.8 Å². The fourth-order valence-electron chi connectivity index (χ4n) is 3.51. The molecule has 3 N–H and O–H groups in total. The summed E-state index contributed by atoms with van der Waals surface area (Å²) in [6, 6.07) is 2.28. The average molecular weight is 358 g/mol. The maximum atomic E-state index is 12.9. The molecule has 1 aromatic heterocycles. The molecular formula is C18H22N4O2S. The Labute approximate surface area is 151 Å². The number of hydrogen-bond donors (Lipinski definition) is 2. The number of rotatable bonds is 5. The normalized spacial score (nSPS) is 22.5. The molecule has 1 atom stereocenters. The summed E-state index contributed by atoms with van der Waals surface area (Å²) in [5.41, 5.74) is 10.7. The van der Waals surface area contributed by atoms with E-state index in [2.05, 4.69) is 30.2 Å². The monoisotopic (exact) mass is 358 g/mol. The Morgan fingerprint density at radius 3 is 2.96 bits per heavy atom. The molecule has 0 aromatic carbocycles. The Hall–Kier alpha value is -2.01. The van der Waals surface area contributed by atoms with Crippen LogP contribution in [0.25, 0.3) is 0 Å². The Morgan fingerprint density at radius 2 is 2.32 bits per heavy atom. The van der Waals surface area contributed by atoms with Crippen LogP contribution in [-0.4, -0.2) is 30.5 Å². The molecule has 0 saturated heterocycles. The second-order valence-electron chi connectivity index (χ2n) is 7.15. The van der Waals surface area contributed by atoms with Crippen LogP contribution >= 0.6 is 11.3 Å². The molecule has 0 spiro atoms. The van der Waals surface area contributed by atoms with E-state index >= 15 is 0 Å². The van der Waals surface area contributed by atoms with E-state index in [4.69, 9.17) is 10.5 Å². The van der Waals surface area contributed by atoms with Crippen LogP contribution in [-0.2, 0) is 9.53 Å². The van der Waals surface area contributed by atoms with Crippen molar-refractivity contribution in [2.75, 3.05) is 19.8 Å². The number of nitrogens with two attached hydrogens (primary N) is 1. The molecular weight excluding hydrogens is 336 g/mol. The zero-order chi connectivity index (χ0) is 18.0. The van der Waals surface area contributed by atoms with Gasteiger partial charge in [-0.1, -0.05) is 13.8 Å². The first-order valence-corrected chi connectivity index (χ1v) is 9.23. The Kier molecular flexibility index (Phi) is 5.04. The van der Waals surface area contributed by atoms with Crippen molar-refractivity contribution in [1.82, 2.24) is 10.3 Å². The third-order valence-electron chi connectivity index (χ3n) is 4.50. The van der Waals surface area contributed by atoms with Crippen LogP contribution in [0, 0.1) is 16.7 Å². The van der Waals surface area contributed by atoms with Gasteiger partial charge in [-0.15, -0.1) is 11.3 Å². The number of nitrogens with zero attached hydrogens (tertiary/aromatic N) is 2. The average Bonchev–Trinajstić information content (AvgIpc) is 3.06. The zero-order valence-electron chi connectivity index (χ0n) is 14.5. The number of dihydropyridines is 1. The highest BCUT2D eigenvalue weighted by molar-refractivity contribution is 7.07. The van der Waals surface area contributed by atoms with Crippen molar-refractivity contribution in [3.63, 3.8) is 0 Å². The number of ketones is 1. The molecule has 2 aliphatic rings. The lowest BCUT2D eigenvalue weighted by Crippen LogP contribution is -2.38. The molecule has 1 unspecified atom stereocenters. The molecule has 1 aliphatic carbocycles. The number of thiazole rings is 1. The molecule has 3 rings (SSSR count). The van der Waals surface area contributed by atoms with E-state index in [0.29, 0.717) is 36.4 Å². The quantitative estimate of drug-likeness (QED) is 0.783. The minimum atomic E-state index is -0.410. The third kappa shape index (κ3) is 3.52. The van der Waals surface area contributed by atoms with Crippen LogP contribution < -0.4 is 11.1 Å². The van der Waals surface area contributed by atoms with Gasteiger partial charge in [0.15, 0.2) is 5.78 Å². The van der Waals surface area contributed by atoms with Crippen LogP contribution in [0.4, 0.5) is 0 Å². The Balaban J connectivity index is 2.06. The van der Waals surface area contributed by atoms with E-state index in [1.807, 2.05) is 5.38 Å². The van der Waals surface area contributed by atoms with E-state index < -0.39 is 5.92 Å². The Morgan fingerprint density at radius 1 is 1.52 bits per heavy atom. The van der Waals surface area contributed by atoms with Crippen LogP contribution in [0.5, 0.6) is 0 Å². The first-order chi connectivity index (χ1) is 12.0. The van der Waals surface area contributed by atoms with E-state index in [1.165, 1.54) is 11.3 Å². The summed E-state index contributed by atoms with van der Waals surface area (Å²) in [4.78, 5) is 17.3. The molecule has 6 nitrogen and oxygen atoms in total. The van der Waals surface area contributed by atoms with Crippen LogP contribution in [0.2, 0.25) is 0 Å². The SMILES string of the molecule is CC1(C)CC(=O)C2=C(C1)NC(COCCN)=C(C#N)C2c1cscn1. The fraction of sp³-hybridized carbons (Fsp3) is 0.500. The highest BCUT2D eigenvalue weighted by atomic mass is 32.1. The van der Waals surface area contributed by atoms with Crippen LogP contribution in [0.15, 0.2) is 33.4 Å². The van der Waals surface area contributed by atoms with Crippen LogP contribution in [0.3, 0.4) is 0 Å². The number of allylic oxidation sites excluding steroid dienone is 3. The Bertz CT molecular complexity index is 771. The fourth-order valence-corrected chi connectivity index (χ4v) is 4.09. The molecule has 1 aliphatic heterocycles. The van der Waals surface area contributed by atoms with Gasteiger partial charge in [-0.2, -0.15) is 5.26 Å². The number of aromatic nitrogens is 1. The standard InChI is InChI=1S/C18H22N4O2S/c1-18(2)5-12-17(15(23)6-18)16(14-9-25-10-21-14)11(7-20)13(22-12)8-24-4-3-19/h9-10,16,22H,3-6,8,19H2,1-2H3. The minimum Gasteiger partial charge on any atom is -0.374 e. The van der Waals surface area contributed by atoms with Gasteiger partial charge in [0.05, 0.1) is 47.7 Å². The number of hydrogen-bond acceptors (Lipinski definition) is 7. The van der Waals surface area contributed by atoms with E-state index in [1.54, 1.807) is 5.51 Å². The molecule has 0 fully saturated rings. The van der Waals surface area contributed by atoms with Gasteiger partial charge in [0.25, 0.3) is 0 Å². The minimum absolute atomic E-state index is 0.0893. The smallest absolute Gasteiger partial charge is 0.162 e. The molecule has 0 saturated carbocycles. The van der Waals surface area contributed by atoms with Crippen molar-refractivity contribution in [3.05, 3.63) is 39.1 Å². The summed E-state index contributed by atoms with van der Waals surface area (Å²) in [6.07, 6.45) is 1.24. The largest absolute Gasteiger partial charge is 0.374 e. The van der Waals surface area contributed by atoms with E-state index in [9.17, 15) is 10.1 Å². The molecule has 7 heteroatoms. The van der Waals surface area contributed by atoms with Crippen molar-refractivity contribution >= 4 is 17.1 Å². The molecule has 0 amide bonds. The second-order valence-corrected chi connectivity index (χ2v) is 7.87. The highest BCUT2D eigenvalue weighted by Gasteiger charge is 2.42. The molecule has 1 aromatic rings. The van der Waals surface area contributed by atoms with Gasteiger partial charge < -0.3 is 15.8 Å². The van der Waals surface area contributed by atoms with Gasteiger partial charge in [-0.3, -0.25) is 4.79 Å². The summed E-state index contributed by atoms with van der Waals surface area (Å²) in [7, 11) is 0. The summed E-state index contributed by atoms with van der Waals surface area (Å²) in [6.45, 7) is 5.28. The molecule has 2 heterocycles. The van der Waals surface area contributed by atoms with Gasteiger partial charge in [0, 0.05) is 29.6 Å². The highest BCUT2D eigenvalue weighted by Crippen LogP contribution is 2.46. The molecule has 0 bridgehead atoms. The first-order valence-electron chi connectivity index (χ1n) is 8.29. The number of ether oxygens (including phenoxy) is 1. The number of nitrogens with one attached hydrogen (secondary N) is 1. The number of carbonyl (C=O) groups is 1. The van der Waals surface area contributed by atoms with Gasteiger partial charge in [0.2, 0.25) is 0 Å². The number of carbonyl (C=O) groups excluding carboxylic acids is 1. The summed E-state index contributed by atoms with van der Waals surface area (Å²) < 4.78 is 5.56. The topological polar surface area (TPSA) is 101 Å². The predicted molar refractivity (Wildman–Crippen MR) is 95.6 cm³/mol. The number of Topliss-reactive ketones (excluding diaryl/α,β-unsaturated/α-hetero) is 1. The maximum Gasteiger partial charge on any atom is 0.162 e. The van der Waals surface area contributed by atoms with Gasteiger partial charge >= 0.3 is 0 Å². The van der Waals surface area contributed by atoms with Crippen molar-refractivity contribution in [3.8, 4) is 6.07 Å².